The molecule has 84 valence electrons. The largest absolute Gasteiger partial charge is 0.472 e. The summed E-state index contributed by atoms with van der Waals surface area (Å²) in [5.41, 5.74) is 1.69. The topological polar surface area (TPSA) is 33.4 Å². The van der Waals surface area contributed by atoms with E-state index in [1.54, 1.807) is 30.7 Å². The average Bonchev–Trinajstić information content (AvgIpc) is 2.74. The SMILES string of the molecule is OC(Cc1ccoc1)c1ccc(Cl)c(Cl)c1. The molecule has 0 saturated heterocycles. The highest BCUT2D eigenvalue weighted by molar-refractivity contribution is 6.42. The van der Waals surface area contributed by atoms with Gasteiger partial charge in [-0.1, -0.05) is 29.3 Å². The van der Waals surface area contributed by atoms with E-state index in [0.717, 1.165) is 11.1 Å². The van der Waals surface area contributed by atoms with Crippen LogP contribution in [0.4, 0.5) is 0 Å². The summed E-state index contributed by atoms with van der Waals surface area (Å²) in [6.45, 7) is 0. The minimum atomic E-state index is -0.604. The summed E-state index contributed by atoms with van der Waals surface area (Å²) in [7, 11) is 0. The van der Waals surface area contributed by atoms with Gasteiger partial charge in [0.15, 0.2) is 0 Å². The first-order chi connectivity index (χ1) is 7.66. The van der Waals surface area contributed by atoms with Crippen LogP contribution in [-0.2, 0) is 6.42 Å². The molecule has 16 heavy (non-hydrogen) atoms. The van der Waals surface area contributed by atoms with Crippen molar-refractivity contribution in [3.05, 3.63) is 58.0 Å². The zero-order valence-electron chi connectivity index (χ0n) is 8.36. The molecular weight excluding hydrogens is 247 g/mol. The number of hydrogen-bond acceptors (Lipinski definition) is 2. The molecule has 2 nitrogen and oxygen atoms in total. The standard InChI is InChI=1S/C12H10Cl2O2/c13-10-2-1-9(6-11(10)14)12(15)5-8-3-4-16-7-8/h1-4,6-7,12,15H,5H2. The van der Waals surface area contributed by atoms with E-state index in [1.165, 1.54) is 0 Å². The molecule has 0 aliphatic rings. The molecular formula is C12H10Cl2O2. The Morgan fingerprint density at radius 2 is 2.00 bits per heavy atom. The number of halogens is 2. The van der Waals surface area contributed by atoms with Crippen molar-refractivity contribution in [2.24, 2.45) is 0 Å². The Morgan fingerprint density at radius 1 is 1.19 bits per heavy atom. The summed E-state index contributed by atoms with van der Waals surface area (Å²) in [5.74, 6) is 0. The van der Waals surface area contributed by atoms with Crippen LogP contribution < -0.4 is 0 Å². The van der Waals surface area contributed by atoms with E-state index in [-0.39, 0.29) is 0 Å². The first-order valence-electron chi connectivity index (χ1n) is 4.81. The molecule has 1 atom stereocenters. The van der Waals surface area contributed by atoms with E-state index in [2.05, 4.69) is 0 Å². The third-order valence-electron chi connectivity index (χ3n) is 2.34. The lowest BCUT2D eigenvalue weighted by molar-refractivity contribution is 0.178. The molecule has 0 aliphatic carbocycles. The van der Waals surface area contributed by atoms with Crippen LogP contribution in [0.3, 0.4) is 0 Å². The molecule has 0 amide bonds. The molecule has 0 aliphatic heterocycles. The summed E-state index contributed by atoms with van der Waals surface area (Å²) in [4.78, 5) is 0. The Bertz CT molecular complexity index is 466. The molecule has 4 heteroatoms. The molecule has 2 rings (SSSR count). The van der Waals surface area contributed by atoms with Crippen LogP contribution in [0.1, 0.15) is 17.2 Å². The maximum absolute atomic E-state index is 9.96. The highest BCUT2D eigenvalue weighted by Gasteiger charge is 2.10. The van der Waals surface area contributed by atoms with Crippen LogP contribution in [0.25, 0.3) is 0 Å². The number of benzene rings is 1. The Kier molecular flexibility index (Phi) is 3.54. The molecule has 1 aromatic heterocycles. The summed E-state index contributed by atoms with van der Waals surface area (Å²) >= 11 is 11.7. The van der Waals surface area contributed by atoms with Crippen molar-refractivity contribution in [1.29, 1.82) is 0 Å². The quantitative estimate of drug-likeness (QED) is 0.905. The van der Waals surface area contributed by atoms with Gasteiger partial charge in [-0.3, -0.25) is 0 Å². The third-order valence-corrected chi connectivity index (χ3v) is 3.08. The van der Waals surface area contributed by atoms with Gasteiger partial charge >= 0.3 is 0 Å². The maximum atomic E-state index is 9.96. The lowest BCUT2D eigenvalue weighted by atomic mass is 10.0. The van der Waals surface area contributed by atoms with Gasteiger partial charge in [-0.05, 0) is 29.3 Å². The fourth-order valence-electron chi connectivity index (χ4n) is 1.47. The highest BCUT2D eigenvalue weighted by Crippen LogP contribution is 2.27. The van der Waals surface area contributed by atoms with Crippen LogP contribution in [0.15, 0.2) is 41.2 Å². The molecule has 1 unspecified atom stereocenters. The van der Waals surface area contributed by atoms with E-state index < -0.39 is 6.10 Å². The molecule has 1 aromatic carbocycles. The highest BCUT2D eigenvalue weighted by atomic mass is 35.5. The zero-order valence-corrected chi connectivity index (χ0v) is 9.87. The summed E-state index contributed by atoms with van der Waals surface area (Å²) in [5, 5.41) is 10.9. The number of aliphatic hydroxyl groups is 1. The number of hydrogen-bond donors (Lipinski definition) is 1. The monoisotopic (exact) mass is 256 g/mol. The van der Waals surface area contributed by atoms with E-state index >= 15 is 0 Å². The van der Waals surface area contributed by atoms with Gasteiger partial charge in [0.1, 0.15) is 0 Å². The Hall–Kier alpha value is -0.960. The van der Waals surface area contributed by atoms with Crippen LogP contribution in [-0.4, -0.2) is 5.11 Å². The summed E-state index contributed by atoms with van der Waals surface area (Å²) in [6.07, 6.45) is 3.08. The molecule has 0 saturated carbocycles. The van der Waals surface area contributed by atoms with Gasteiger partial charge in [-0.2, -0.15) is 0 Å². The molecule has 0 fully saturated rings. The fraction of sp³-hybridized carbons (Fsp3) is 0.167. The van der Waals surface area contributed by atoms with Crippen LogP contribution in [0, 0.1) is 0 Å². The normalized spacial score (nSPS) is 12.7. The van der Waals surface area contributed by atoms with Gasteiger partial charge in [-0.15, -0.1) is 0 Å². The molecule has 0 radical (unpaired) electrons. The first-order valence-corrected chi connectivity index (χ1v) is 5.56. The van der Waals surface area contributed by atoms with E-state index in [4.69, 9.17) is 27.6 Å². The summed E-state index contributed by atoms with van der Waals surface area (Å²) < 4.78 is 4.94. The van der Waals surface area contributed by atoms with Crippen LogP contribution >= 0.6 is 23.2 Å². The van der Waals surface area contributed by atoms with Crippen molar-refractivity contribution in [3.8, 4) is 0 Å². The number of furan rings is 1. The van der Waals surface area contributed by atoms with Gasteiger partial charge in [-0.25, -0.2) is 0 Å². The van der Waals surface area contributed by atoms with Crippen molar-refractivity contribution in [1.82, 2.24) is 0 Å². The van der Waals surface area contributed by atoms with Crippen molar-refractivity contribution >= 4 is 23.2 Å². The molecule has 0 spiro atoms. The zero-order chi connectivity index (χ0) is 11.5. The van der Waals surface area contributed by atoms with Gasteiger partial charge in [0.05, 0.1) is 28.7 Å². The Labute approximate surface area is 103 Å². The predicted octanol–water partition coefficient (Wildman–Crippen LogP) is 3.86. The molecule has 2 aromatic rings. The third kappa shape index (κ3) is 2.59. The van der Waals surface area contributed by atoms with Crippen molar-refractivity contribution in [2.75, 3.05) is 0 Å². The van der Waals surface area contributed by atoms with Gasteiger partial charge < -0.3 is 9.52 Å². The predicted molar refractivity (Wildman–Crippen MR) is 63.8 cm³/mol. The van der Waals surface area contributed by atoms with Gasteiger partial charge in [0.25, 0.3) is 0 Å². The maximum Gasteiger partial charge on any atom is 0.0935 e. The van der Waals surface area contributed by atoms with Gasteiger partial charge in [0, 0.05) is 6.42 Å². The summed E-state index contributed by atoms with van der Waals surface area (Å²) in [6, 6.07) is 6.94. The second-order valence-electron chi connectivity index (χ2n) is 3.53. The van der Waals surface area contributed by atoms with E-state index in [0.29, 0.717) is 16.5 Å². The average molecular weight is 257 g/mol. The lowest BCUT2D eigenvalue weighted by Crippen LogP contribution is -2.00. The van der Waals surface area contributed by atoms with Gasteiger partial charge in [0.2, 0.25) is 0 Å². The minimum absolute atomic E-state index is 0.449. The molecule has 0 bridgehead atoms. The van der Waals surface area contributed by atoms with Crippen molar-refractivity contribution in [3.63, 3.8) is 0 Å². The number of aliphatic hydroxyl groups excluding tert-OH is 1. The smallest absolute Gasteiger partial charge is 0.0935 e. The minimum Gasteiger partial charge on any atom is -0.472 e. The van der Waals surface area contributed by atoms with Crippen molar-refractivity contribution in [2.45, 2.75) is 12.5 Å². The Morgan fingerprint density at radius 3 is 2.62 bits per heavy atom. The van der Waals surface area contributed by atoms with Crippen molar-refractivity contribution < 1.29 is 9.52 Å². The van der Waals surface area contributed by atoms with Crippen LogP contribution in [0.5, 0.6) is 0 Å². The Balaban J connectivity index is 2.14. The molecule has 1 heterocycles. The second kappa shape index (κ2) is 4.91. The van der Waals surface area contributed by atoms with E-state index in [1.807, 2.05) is 6.07 Å². The van der Waals surface area contributed by atoms with Crippen LogP contribution in [0.2, 0.25) is 10.0 Å². The fourth-order valence-corrected chi connectivity index (χ4v) is 1.78. The number of rotatable bonds is 3. The lowest BCUT2D eigenvalue weighted by Gasteiger charge is -2.10. The van der Waals surface area contributed by atoms with E-state index in [9.17, 15) is 5.11 Å². The second-order valence-corrected chi connectivity index (χ2v) is 4.34. The molecule has 1 N–H and O–H groups in total. The first kappa shape index (κ1) is 11.5.